The summed E-state index contributed by atoms with van der Waals surface area (Å²) in [6, 6.07) is 3.06. The zero-order valence-electron chi connectivity index (χ0n) is 19.0. The molecular weight excluding hydrogens is 427 g/mol. The SMILES string of the molecule is Cc1ncnc2c1ccn2C1CC(Oc2cc(OC(C)C)c(F)c3c2CNCC3)C(O)C1O. The molecule has 3 heterocycles. The van der Waals surface area contributed by atoms with Crippen LogP contribution in [0.15, 0.2) is 24.7 Å². The van der Waals surface area contributed by atoms with Crippen LogP contribution in [0, 0.1) is 12.7 Å². The number of aliphatic hydroxyl groups is 2. The first kappa shape index (κ1) is 22.1. The Morgan fingerprint density at radius 2 is 2.00 bits per heavy atom. The van der Waals surface area contributed by atoms with E-state index in [2.05, 4.69) is 15.3 Å². The van der Waals surface area contributed by atoms with E-state index in [1.54, 1.807) is 6.07 Å². The van der Waals surface area contributed by atoms with E-state index in [0.717, 1.165) is 16.6 Å². The average molecular weight is 457 g/mol. The topological polar surface area (TPSA) is 102 Å². The summed E-state index contributed by atoms with van der Waals surface area (Å²) in [6.07, 6.45) is 1.23. The van der Waals surface area contributed by atoms with Crippen molar-refractivity contribution < 1.29 is 24.1 Å². The van der Waals surface area contributed by atoms with Crippen molar-refractivity contribution in [3.8, 4) is 11.5 Å². The highest BCUT2D eigenvalue weighted by Crippen LogP contribution is 2.40. The van der Waals surface area contributed by atoms with Crippen molar-refractivity contribution in [3.63, 3.8) is 0 Å². The van der Waals surface area contributed by atoms with Gasteiger partial charge in [0.05, 0.1) is 17.8 Å². The lowest BCUT2D eigenvalue weighted by Crippen LogP contribution is -2.35. The van der Waals surface area contributed by atoms with Crippen molar-refractivity contribution >= 4 is 11.0 Å². The van der Waals surface area contributed by atoms with E-state index in [-0.39, 0.29) is 17.7 Å². The first-order valence-corrected chi connectivity index (χ1v) is 11.4. The summed E-state index contributed by atoms with van der Waals surface area (Å²) in [7, 11) is 0. The second kappa shape index (κ2) is 8.55. The minimum absolute atomic E-state index is 0.147. The van der Waals surface area contributed by atoms with E-state index in [1.807, 2.05) is 37.6 Å². The highest BCUT2D eigenvalue weighted by atomic mass is 19.1. The number of nitrogens with one attached hydrogen (secondary N) is 1. The van der Waals surface area contributed by atoms with Crippen LogP contribution in [-0.4, -0.2) is 55.7 Å². The molecule has 1 fully saturated rings. The molecule has 1 aliphatic carbocycles. The third kappa shape index (κ3) is 3.84. The molecule has 4 atom stereocenters. The fourth-order valence-corrected chi connectivity index (χ4v) is 4.91. The van der Waals surface area contributed by atoms with Gasteiger partial charge >= 0.3 is 0 Å². The fraction of sp³-hybridized carbons (Fsp3) is 0.500. The van der Waals surface area contributed by atoms with Crippen LogP contribution < -0.4 is 14.8 Å². The zero-order valence-corrected chi connectivity index (χ0v) is 19.0. The molecule has 8 nitrogen and oxygen atoms in total. The summed E-state index contributed by atoms with van der Waals surface area (Å²) < 4.78 is 28.9. The van der Waals surface area contributed by atoms with Crippen LogP contribution >= 0.6 is 0 Å². The molecule has 33 heavy (non-hydrogen) atoms. The standard InChI is InChI=1S/C24H29FN4O4/c1-12(2)32-19-9-18(16-10-26-6-4-15(16)21(19)25)33-20-8-17(22(30)23(20)31)29-7-5-14-13(3)27-11-28-24(14)29/h5,7,9,11-12,17,20,22-23,26,30-31H,4,6,8,10H2,1-3H3. The Labute approximate surface area is 191 Å². The number of ether oxygens (including phenoxy) is 2. The van der Waals surface area contributed by atoms with E-state index in [4.69, 9.17) is 9.47 Å². The Morgan fingerprint density at radius 3 is 2.79 bits per heavy atom. The lowest BCUT2D eigenvalue weighted by atomic mass is 9.98. The molecule has 176 valence electrons. The van der Waals surface area contributed by atoms with Crippen molar-refractivity contribution in [2.45, 2.75) is 70.6 Å². The molecule has 2 aromatic heterocycles. The molecule has 0 radical (unpaired) electrons. The molecule has 4 unspecified atom stereocenters. The van der Waals surface area contributed by atoms with Crippen molar-refractivity contribution in [2.24, 2.45) is 0 Å². The predicted octanol–water partition coefficient (Wildman–Crippen LogP) is 2.43. The van der Waals surface area contributed by atoms with Gasteiger partial charge in [-0.25, -0.2) is 14.4 Å². The number of aromatic nitrogens is 3. The second-order valence-electron chi connectivity index (χ2n) is 9.10. The maximum Gasteiger partial charge on any atom is 0.168 e. The monoisotopic (exact) mass is 456 g/mol. The Balaban J connectivity index is 1.46. The van der Waals surface area contributed by atoms with Crippen molar-refractivity contribution in [3.05, 3.63) is 47.3 Å². The number of rotatable bonds is 5. The highest BCUT2D eigenvalue weighted by Gasteiger charge is 2.45. The molecule has 0 saturated heterocycles. The Hall–Kier alpha value is -2.75. The Morgan fingerprint density at radius 1 is 1.18 bits per heavy atom. The molecule has 1 aromatic carbocycles. The molecule has 0 amide bonds. The van der Waals surface area contributed by atoms with E-state index in [0.29, 0.717) is 42.9 Å². The number of nitrogens with zero attached hydrogens (tertiary/aromatic N) is 3. The minimum atomic E-state index is -1.11. The number of hydrogen-bond acceptors (Lipinski definition) is 7. The van der Waals surface area contributed by atoms with Gasteiger partial charge in [0.2, 0.25) is 0 Å². The van der Waals surface area contributed by atoms with Crippen LogP contribution in [0.3, 0.4) is 0 Å². The van der Waals surface area contributed by atoms with E-state index >= 15 is 4.39 Å². The second-order valence-corrected chi connectivity index (χ2v) is 9.10. The van der Waals surface area contributed by atoms with Gasteiger partial charge in [-0.15, -0.1) is 0 Å². The minimum Gasteiger partial charge on any atom is -0.488 e. The predicted molar refractivity (Wildman–Crippen MR) is 120 cm³/mol. The van der Waals surface area contributed by atoms with Gasteiger partial charge in [-0.1, -0.05) is 0 Å². The largest absolute Gasteiger partial charge is 0.488 e. The van der Waals surface area contributed by atoms with Crippen LogP contribution in [0.5, 0.6) is 11.5 Å². The third-order valence-electron chi connectivity index (χ3n) is 6.56. The molecule has 3 aromatic rings. The van der Waals surface area contributed by atoms with Gasteiger partial charge in [0.1, 0.15) is 36.0 Å². The van der Waals surface area contributed by atoms with Gasteiger partial charge in [0.15, 0.2) is 11.6 Å². The van der Waals surface area contributed by atoms with Gasteiger partial charge in [-0.2, -0.15) is 0 Å². The number of aryl methyl sites for hydroxylation is 1. The number of benzene rings is 1. The summed E-state index contributed by atoms with van der Waals surface area (Å²) in [5.41, 5.74) is 2.86. The lowest BCUT2D eigenvalue weighted by molar-refractivity contribution is -0.0167. The summed E-state index contributed by atoms with van der Waals surface area (Å²) in [4.78, 5) is 8.59. The molecule has 0 spiro atoms. The maximum atomic E-state index is 15.1. The van der Waals surface area contributed by atoms with Crippen LogP contribution in [0.2, 0.25) is 0 Å². The van der Waals surface area contributed by atoms with Gasteiger partial charge < -0.3 is 29.6 Å². The first-order chi connectivity index (χ1) is 15.8. The number of halogens is 1. The van der Waals surface area contributed by atoms with Crippen molar-refractivity contribution in [2.75, 3.05) is 6.54 Å². The summed E-state index contributed by atoms with van der Waals surface area (Å²) in [6.45, 7) is 6.73. The van der Waals surface area contributed by atoms with Gasteiger partial charge in [-0.05, 0) is 39.8 Å². The maximum absolute atomic E-state index is 15.1. The molecule has 2 aliphatic rings. The normalized spacial score (nSPS) is 24.9. The quantitative estimate of drug-likeness (QED) is 0.542. The molecule has 1 saturated carbocycles. The average Bonchev–Trinajstić information content (AvgIpc) is 3.34. The molecule has 3 N–H and O–H groups in total. The molecule has 0 bridgehead atoms. The summed E-state index contributed by atoms with van der Waals surface area (Å²) >= 11 is 0. The van der Waals surface area contributed by atoms with Crippen LogP contribution in [-0.2, 0) is 13.0 Å². The lowest BCUT2D eigenvalue weighted by Gasteiger charge is -2.26. The summed E-state index contributed by atoms with van der Waals surface area (Å²) in [5.74, 6) is 0.266. The van der Waals surface area contributed by atoms with E-state index in [9.17, 15) is 10.2 Å². The summed E-state index contributed by atoms with van der Waals surface area (Å²) in [5, 5.41) is 25.9. The molecule has 5 rings (SSSR count). The number of hydrogen-bond donors (Lipinski definition) is 3. The van der Waals surface area contributed by atoms with Crippen LogP contribution in [0.1, 0.15) is 43.1 Å². The van der Waals surface area contributed by atoms with Gasteiger partial charge in [0.25, 0.3) is 0 Å². The number of aliphatic hydroxyl groups excluding tert-OH is 2. The van der Waals surface area contributed by atoms with Gasteiger partial charge in [0, 0.05) is 41.7 Å². The molecule has 1 aliphatic heterocycles. The van der Waals surface area contributed by atoms with Crippen LogP contribution in [0.4, 0.5) is 4.39 Å². The van der Waals surface area contributed by atoms with Crippen molar-refractivity contribution in [1.82, 2.24) is 19.9 Å². The first-order valence-electron chi connectivity index (χ1n) is 11.4. The van der Waals surface area contributed by atoms with Crippen LogP contribution in [0.25, 0.3) is 11.0 Å². The fourth-order valence-electron chi connectivity index (χ4n) is 4.91. The molecular formula is C24H29FN4O4. The Kier molecular flexibility index (Phi) is 5.72. The van der Waals surface area contributed by atoms with E-state index < -0.39 is 24.4 Å². The number of fused-ring (bicyclic) bond motifs is 2. The highest BCUT2D eigenvalue weighted by molar-refractivity contribution is 5.78. The smallest absolute Gasteiger partial charge is 0.168 e. The Bertz CT molecular complexity index is 1180. The van der Waals surface area contributed by atoms with E-state index in [1.165, 1.54) is 6.33 Å². The van der Waals surface area contributed by atoms with Gasteiger partial charge in [-0.3, -0.25) is 0 Å². The zero-order chi connectivity index (χ0) is 23.3. The van der Waals surface area contributed by atoms with Crippen molar-refractivity contribution in [1.29, 1.82) is 0 Å². The molecule has 9 heteroatoms. The third-order valence-corrected chi connectivity index (χ3v) is 6.56.